The summed E-state index contributed by atoms with van der Waals surface area (Å²) in [5.41, 5.74) is 2.53. The van der Waals surface area contributed by atoms with Crippen molar-refractivity contribution in [1.29, 1.82) is 0 Å². The molecule has 0 N–H and O–H groups in total. The Morgan fingerprint density at radius 1 is 0.842 bits per heavy atom. The van der Waals surface area contributed by atoms with Crippen LogP contribution >= 0.6 is 11.6 Å². The summed E-state index contributed by atoms with van der Waals surface area (Å²) < 4.78 is 28.7. The molecule has 0 amide bonds. The van der Waals surface area contributed by atoms with Crippen LogP contribution in [0.2, 0.25) is 5.02 Å². The summed E-state index contributed by atoms with van der Waals surface area (Å²) in [6, 6.07) is 19.1. The van der Waals surface area contributed by atoms with E-state index >= 15 is 0 Å². The van der Waals surface area contributed by atoms with Gasteiger partial charge >= 0.3 is 0 Å². The quantitative estimate of drug-likeness (QED) is 0.310. The normalized spacial score (nSPS) is 23.7. The van der Waals surface area contributed by atoms with Crippen molar-refractivity contribution in [2.75, 3.05) is 28.4 Å². The van der Waals surface area contributed by atoms with E-state index in [4.69, 9.17) is 35.3 Å². The highest BCUT2D eigenvalue weighted by molar-refractivity contribution is 6.30. The lowest BCUT2D eigenvalue weighted by atomic mass is 9.82. The van der Waals surface area contributed by atoms with Crippen molar-refractivity contribution in [2.24, 2.45) is 0 Å². The van der Waals surface area contributed by atoms with Gasteiger partial charge in [0, 0.05) is 10.9 Å². The van der Waals surface area contributed by atoms with Crippen LogP contribution in [0, 0.1) is 0 Å². The van der Waals surface area contributed by atoms with E-state index in [0.717, 1.165) is 22.3 Å². The Hall–Kier alpha value is -3.48. The van der Waals surface area contributed by atoms with Gasteiger partial charge in [-0.15, -0.1) is 0 Å². The first-order valence-corrected chi connectivity index (χ1v) is 12.9. The van der Waals surface area contributed by atoms with Crippen LogP contribution in [-0.2, 0) is 9.53 Å². The molecule has 1 spiro atoms. The summed E-state index contributed by atoms with van der Waals surface area (Å²) >= 11 is 6.22. The van der Waals surface area contributed by atoms with Gasteiger partial charge in [-0.3, -0.25) is 4.79 Å². The summed E-state index contributed by atoms with van der Waals surface area (Å²) in [5, 5.41) is 0.626. The van der Waals surface area contributed by atoms with Crippen LogP contribution in [0.4, 0.5) is 0 Å². The van der Waals surface area contributed by atoms with E-state index in [9.17, 15) is 4.79 Å². The summed E-state index contributed by atoms with van der Waals surface area (Å²) in [4.78, 5) is 14.2. The predicted molar refractivity (Wildman–Crippen MR) is 147 cm³/mol. The third kappa shape index (κ3) is 4.63. The smallest absolute Gasteiger partial charge is 0.191 e. The Morgan fingerprint density at radius 3 is 2.11 bits per heavy atom. The lowest BCUT2D eigenvalue weighted by Crippen LogP contribution is -2.38. The molecule has 3 aromatic carbocycles. The minimum Gasteiger partial charge on any atom is -0.493 e. The Bertz CT molecular complexity index is 1380. The maximum absolute atomic E-state index is 14.2. The van der Waals surface area contributed by atoms with E-state index in [0.29, 0.717) is 47.3 Å². The fraction of sp³-hybridized carbons (Fsp3) is 0.323. The Kier molecular flexibility index (Phi) is 7.37. The molecular formula is C31H31ClO6. The molecule has 1 saturated carbocycles. The number of methoxy groups -OCH3 is 4. The van der Waals surface area contributed by atoms with Crippen molar-refractivity contribution in [3.05, 3.63) is 87.9 Å². The molecule has 0 aromatic heterocycles. The number of hydrogen-bond acceptors (Lipinski definition) is 6. The minimum absolute atomic E-state index is 0.0141. The Morgan fingerprint density at radius 2 is 1.47 bits per heavy atom. The minimum atomic E-state index is -0.998. The number of hydrogen-bond donors (Lipinski definition) is 0. The van der Waals surface area contributed by atoms with Crippen molar-refractivity contribution < 1.29 is 28.5 Å². The van der Waals surface area contributed by atoms with Crippen LogP contribution in [0.15, 0.2) is 66.2 Å². The SMILES string of the molecule is COc1ccc(C2CCC3(O2)C(=O)C(=Cc2cccc(Cl)c2)CC3c2ccc(OC)c(OC)c2)cc1OC. The highest BCUT2D eigenvalue weighted by Gasteiger charge is 2.58. The number of ether oxygens (including phenoxy) is 5. The summed E-state index contributed by atoms with van der Waals surface area (Å²) in [6.07, 6.45) is 3.52. The van der Waals surface area contributed by atoms with E-state index in [2.05, 4.69) is 0 Å². The third-order valence-corrected chi connectivity index (χ3v) is 7.81. The van der Waals surface area contributed by atoms with Crippen molar-refractivity contribution in [3.8, 4) is 23.0 Å². The summed E-state index contributed by atoms with van der Waals surface area (Å²) in [5.74, 6) is 2.36. The molecule has 1 heterocycles. The topological polar surface area (TPSA) is 63.2 Å². The molecule has 6 nitrogen and oxygen atoms in total. The standard InChI is InChI=1S/C31H31ClO6/c1-34-26-10-8-20(17-28(26)36-3)24-16-22(14-19-6-5-7-23(32)15-19)30(33)31(24)13-12-25(38-31)21-9-11-27(35-2)29(18-21)37-4/h5-11,14-15,17-18,24-25H,12-13,16H2,1-4H3. The van der Waals surface area contributed by atoms with E-state index in [-0.39, 0.29) is 17.8 Å². The average Bonchev–Trinajstić information content (AvgIpc) is 3.50. The molecule has 1 aliphatic carbocycles. The zero-order valence-electron chi connectivity index (χ0n) is 22.0. The van der Waals surface area contributed by atoms with Crippen molar-refractivity contribution >= 4 is 23.5 Å². The molecule has 3 aromatic rings. The highest BCUT2D eigenvalue weighted by Crippen LogP contribution is 2.56. The predicted octanol–water partition coefficient (Wildman–Crippen LogP) is 6.80. The molecular weight excluding hydrogens is 504 g/mol. The second-order valence-electron chi connectivity index (χ2n) is 9.57. The second-order valence-corrected chi connectivity index (χ2v) is 10.0. The number of halogens is 1. The van der Waals surface area contributed by atoms with Crippen molar-refractivity contribution in [2.45, 2.75) is 36.9 Å². The van der Waals surface area contributed by atoms with Crippen LogP contribution in [-0.4, -0.2) is 39.8 Å². The van der Waals surface area contributed by atoms with Crippen LogP contribution in [0.1, 0.15) is 48.0 Å². The largest absolute Gasteiger partial charge is 0.493 e. The molecule has 1 aliphatic heterocycles. The number of ketones is 1. The third-order valence-electron chi connectivity index (χ3n) is 7.57. The van der Waals surface area contributed by atoms with Gasteiger partial charge in [-0.25, -0.2) is 0 Å². The van der Waals surface area contributed by atoms with Gasteiger partial charge in [0.05, 0.1) is 34.5 Å². The van der Waals surface area contributed by atoms with Crippen molar-refractivity contribution in [3.63, 3.8) is 0 Å². The summed E-state index contributed by atoms with van der Waals surface area (Å²) in [7, 11) is 6.44. The van der Waals surface area contributed by atoms with Gasteiger partial charge in [0.15, 0.2) is 28.8 Å². The van der Waals surface area contributed by atoms with Gasteiger partial charge in [-0.05, 0) is 84.0 Å². The van der Waals surface area contributed by atoms with Crippen molar-refractivity contribution in [1.82, 2.24) is 0 Å². The van der Waals surface area contributed by atoms with E-state index in [1.54, 1.807) is 28.4 Å². The molecule has 3 atom stereocenters. The van der Waals surface area contributed by atoms with Gasteiger partial charge in [-0.2, -0.15) is 0 Å². The zero-order chi connectivity index (χ0) is 26.9. The van der Waals surface area contributed by atoms with Crippen LogP contribution < -0.4 is 18.9 Å². The molecule has 2 aliphatic rings. The lowest BCUT2D eigenvalue weighted by molar-refractivity contribution is -0.138. The van der Waals surface area contributed by atoms with Gasteiger partial charge in [-0.1, -0.05) is 35.9 Å². The average molecular weight is 535 g/mol. The molecule has 0 radical (unpaired) electrons. The fourth-order valence-corrected chi connectivity index (χ4v) is 5.91. The molecule has 2 fully saturated rings. The molecule has 0 bridgehead atoms. The van der Waals surface area contributed by atoms with E-state index < -0.39 is 5.60 Å². The molecule has 3 unspecified atom stereocenters. The van der Waals surface area contributed by atoms with Crippen LogP contribution in [0.5, 0.6) is 23.0 Å². The first-order chi connectivity index (χ1) is 18.4. The number of Topliss-reactive ketones (excluding diaryl/α,β-unsaturated/α-hetero) is 1. The van der Waals surface area contributed by atoms with Crippen LogP contribution in [0.3, 0.4) is 0 Å². The Balaban J connectivity index is 1.56. The van der Waals surface area contributed by atoms with Crippen LogP contribution in [0.25, 0.3) is 6.08 Å². The molecule has 7 heteroatoms. The van der Waals surface area contributed by atoms with E-state index in [1.165, 1.54) is 0 Å². The van der Waals surface area contributed by atoms with Gasteiger partial charge < -0.3 is 23.7 Å². The maximum Gasteiger partial charge on any atom is 0.191 e. The molecule has 1 saturated heterocycles. The molecule has 198 valence electrons. The van der Waals surface area contributed by atoms with Gasteiger partial charge in [0.1, 0.15) is 5.60 Å². The fourth-order valence-electron chi connectivity index (χ4n) is 5.71. The number of benzene rings is 3. The maximum atomic E-state index is 14.2. The second kappa shape index (κ2) is 10.7. The van der Waals surface area contributed by atoms with Gasteiger partial charge in [0.2, 0.25) is 0 Å². The van der Waals surface area contributed by atoms with E-state index in [1.807, 2.05) is 66.7 Å². The first-order valence-electron chi connectivity index (χ1n) is 12.5. The number of rotatable bonds is 7. The zero-order valence-corrected chi connectivity index (χ0v) is 22.7. The molecule has 5 rings (SSSR count). The lowest BCUT2D eigenvalue weighted by Gasteiger charge is -2.30. The number of carbonyl (C=O) groups excluding carboxylic acids is 1. The van der Waals surface area contributed by atoms with Gasteiger partial charge in [0.25, 0.3) is 0 Å². The first kappa shape index (κ1) is 26.1. The highest BCUT2D eigenvalue weighted by atomic mass is 35.5. The molecule has 38 heavy (non-hydrogen) atoms. The Labute approximate surface area is 228 Å². The monoisotopic (exact) mass is 534 g/mol. The number of carbonyl (C=O) groups is 1. The summed E-state index contributed by atoms with van der Waals surface area (Å²) in [6.45, 7) is 0.